The molecular formula is C12H12N2. The van der Waals surface area contributed by atoms with Crippen LogP contribution in [0.25, 0.3) is 0 Å². The van der Waals surface area contributed by atoms with Gasteiger partial charge in [-0.15, -0.1) is 0 Å². The molecule has 0 amide bonds. The summed E-state index contributed by atoms with van der Waals surface area (Å²) in [6.07, 6.45) is 3.69. The smallest absolute Gasteiger partial charge is 0.0864 e. The molecule has 0 heterocycles. The van der Waals surface area contributed by atoms with Gasteiger partial charge in [0.2, 0.25) is 0 Å². The molecule has 0 fully saturated rings. The van der Waals surface area contributed by atoms with Crippen LogP contribution < -0.4 is 0 Å². The van der Waals surface area contributed by atoms with Gasteiger partial charge in [0.1, 0.15) is 0 Å². The van der Waals surface area contributed by atoms with Gasteiger partial charge < -0.3 is 0 Å². The van der Waals surface area contributed by atoms with Crippen LogP contribution in [0.3, 0.4) is 0 Å². The number of rotatable bonds is 0. The maximum absolute atomic E-state index is 7.83. The van der Waals surface area contributed by atoms with Crippen LogP contribution in [0.15, 0.2) is 36.4 Å². The average molecular weight is 184 g/mol. The Morgan fingerprint density at radius 2 is 1.86 bits per heavy atom. The maximum Gasteiger partial charge on any atom is 0.0864 e. The lowest BCUT2D eigenvalue weighted by Crippen LogP contribution is -2.10. The minimum atomic E-state index is 0.286. The minimum Gasteiger partial charge on any atom is -0.299 e. The van der Waals surface area contributed by atoms with E-state index in [2.05, 4.69) is 6.92 Å². The van der Waals surface area contributed by atoms with Crippen molar-refractivity contribution in [1.29, 1.82) is 10.8 Å². The van der Waals surface area contributed by atoms with E-state index in [0.29, 0.717) is 11.4 Å². The number of hydrogen-bond acceptors (Lipinski definition) is 2. The molecule has 2 N–H and O–H groups in total. The van der Waals surface area contributed by atoms with E-state index in [1.807, 2.05) is 30.3 Å². The van der Waals surface area contributed by atoms with Gasteiger partial charge in [0, 0.05) is 11.5 Å². The topological polar surface area (TPSA) is 47.7 Å². The molecule has 14 heavy (non-hydrogen) atoms. The largest absolute Gasteiger partial charge is 0.299 e. The van der Waals surface area contributed by atoms with Crippen LogP contribution in [-0.2, 0) is 0 Å². The first kappa shape index (κ1) is 8.88. The first-order valence-corrected chi connectivity index (χ1v) is 4.65. The summed E-state index contributed by atoms with van der Waals surface area (Å²) in [4.78, 5) is 0. The summed E-state index contributed by atoms with van der Waals surface area (Å²) in [6, 6.07) is 7.83. The molecule has 1 aliphatic carbocycles. The third-order valence-corrected chi connectivity index (χ3v) is 2.54. The van der Waals surface area contributed by atoms with E-state index in [4.69, 9.17) is 10.8 Å². The highest BCUT2D eigenvalue weighted by molar-refractivity contribution is 6.50. The van der Waals surface area contributed by atoms with Gasteiger partial charge in [-0.3, -0.25) is 10.8 Å². The van der Waals surface area contributed by atoms with Crippen molar-refractivity contribution >= 4 is 11.4 Å². The fourth-order valence-corrected chi connectivity index (χ4v) is 1.69. The zero-order valence-electron chi connectivity index (χ0n) is 8.04. The maximum atomic E-state index is 7.83. The van der Waals surface area contributed by atoms with Crippen LogP contribution in [0.5, 0.6) is 0 Å². The van der Waals surface area contributed by atoms with Crippen molar-refractivity contribution in [3.05, 3.63) is 47.5 Å². The third kappa shape index (κ3) is 1.29. The predicted octanol–water partition coefficient (Wildman–Crippen LogP) is 2.75. The molecule has 2 rings (SSSR count). The second-order valence-electron chi connectivity index (χ2n) is 3.52. The second kappa shape index (κ2) is 3.22. The van der Waals surface area contributed by atoms with Crippen LogP contribution >= 0.6 is 0 Å². The third-order valence-electron chi connectivity index (χ3n) is 2.54. The van der Waals surface area contributed by atoms with Gasteiger partial charge >= 0.3 is 0 Å². The lowest BCUT2D eigenvalue weighted by molar-refractivity contribution is 0.968. The van der Waals surface area contributed by atoms with Gasteiger partial charge in [0.05, 0.1) is 11.4 Å². The lowest BCUT2D eigenvalue weighted by atomic mass is 9.95. The van der Waals surface area contributed by atoms with E-state index in [9.17, 15) is 0 Å². The molecule has 0 radical (unpaired) electrons. The van der Waals surface area contributed by atoms with Crippen molar-refractivity contribution in [1.82, 2.24) is 0 Å². The molecule has 0 spiro atoms. The molecule has 1 aromatic rings. The molecule has 0 bridgehead atoms. The van der Waals surface area contributed by atoms with Gasteiger partial charge in [0.15, 0.2) is 0 Å². The van der Waals surface area contributed by atoms with Crippen LogP contribution in [-0.4, -0.2) is 11.4 Å². The number of fused-ring (bicyclic) bond motifs is 1. The monoisotopic (exact) mass is 184 g/mol. The van der Waals surface area contributed by atoms with E-state index in [1.165, 1.54) is 0 Å². The normalized spacial score (nSPS) is 20.5. The van der Waals surface area contributed by atoms with Crippen molar-refractivity contribution in [2.24, 2.45) is 0 Å². The van der Waals surface area contributed by atoms with Gasteiger partial charge in [0.25, 0.3) is 0 Å². The first-order chi connectivity index (χ1) is 6.70. The quantitative estimate of drug-likeness (QED) is 0.623. The molecule has 0 saturated carbocycles. The summed E-state index contributed by atoms with van der Waals surface area (Å²) in [5.74, 6) is 0.286. The zero-order valence-corrected chi connectivity index (χ0v) is 8.04. The molecular weight excluding hydrogens is 172 g/mol. The lowest BCUT2D eigenvalue weighted by Gasteiger charge is -2.09. The Kier molecular flexibility index (Phi) is 2.04. The summed E-state index contributed by atoms with van der Waals surface area (Å²) >= 11 is 0. The Morgan fingerprint density at radius 3 is 2.64 bits per heavy atom. The molecule has 2 nitrogen and oxygen atoms in total. The molecule has 1 aromatic carbocycles. The Labute approximate surface area is 83.3 Å². The molecule has 1 unspecified atom stereocenters. The Morgan fingerprint density at radius 1 is 1.14 bits per heavy atom. The van der Waals surface area contributed by atoms with E-state index < -0.39 is 0 Å². The van der Waals surface area contributed by atoms with Gasteiger partial charge in [-0.2, -0.15) is 0 Å². The van der Waals surface area contributed by atoms with Crippen molar-refractivity contribution in [2.75, 3.05) is 0 Å². The van der Waals surface area contributed by atoms with E-state index in [-0.39, 0.29) is 5.92 Å². The van der Waals surface area contributed by atoms with Crippen LogP contribution in [0.1, 0.15) is 24.0 Å². The van der Waals surface area contributed by atoms with Crippen LogP contribution in [0, 0.1) is 10.8 Å². The van der Waals surface area contributed by atoms with E-state index in [1.54, 1.807) is 6.08 Å². The minimum absolute atomic E-state index is 0.286. The van der Waals surface area contributed by atoms with Crippen molar-refractivity contribution in [2.45, 2.75) is 12.8 Å². The SMILES string of the molecule is CC1C=CC(=N)C(=N)c2ccccc21. The van der Waals surface area contributed by atoms with E-state index in [0.717, 1.165) is 11.1 Å². The summed E-state index contributed by atoms with van der Waals surface area (Å²) in [5, 5.41) is 15.5. The van der Waals surface area contributed by atoms with Crippen molar-refractivity contribution in [3.8, 4) is 0 Å². The van der Waals surface area contributed by atoms with Crippen LogP contribution in [0.4, 0.5) is 0 Å². The Hall–Kier alpha value is -1.70. The second-order valence-corrected chi connectivity index (χ2v) is 3.52. The first-order valence-electron chi connectivity index (χ1n) is 4.65. The van der Waals surface area contributed by atoms with Gasteiger partial charge in [-0.05, 0) is 11.6 Å². The standard InChI is InChI=1S/C12H12N2/c1-8-6-7-11(13)12(14)10-5-3-2-4-9(8)10/h2-8,13-14H,1H3. The fourth-order valence-electron chi connectivity index (χ4n) is 1.69. The molecule has 70 valence electrons. The highest BCUT2D eigenvalue weighted by Crippen LogP contribution is 2.24. The highest BCUT2D eigenvalue weighted by atomic mass is 14.5. The summed E-state index contributed by atoms with van der Waals surface area (Å²) in [5.41, 5.74) is 2.63. The number of benzene rings is 1. The Balaban J connectivity index is 2.65. The summed E-state index contributed by atoms with van der Waals surface area (Å²) < 4.78 is 0. The highest BCUT2D eigenvalue weighted by Gasteiger charge is 2.16. The molecule has 2 heteroatoms. The number of allylic oxidation sites excluding steroid dienone is 2. The average Bonchev–Trinajstić information content (AvgIpc) is 2.33. The molecule has 1 atom stereocenters. The van der Waals surface area contributed by atoms with Gasteiger partial charge in [-0.1, -0.05) is 37.3 Å². The molecule has 1 aliphatic rings. The number of hydrogen-bond donors (Lipinski definition) is 2. The molecule has 0 aromatic heterocycles. The van der Waals surface area contributed by atoms with Crippen molar-refractivity contribution in [3.63, 3.8) is 0 Å². The van der Waals surface area contributed by atoms with Gasteiger partial charge in [-0.25, -0.2) is 0 Å². The predicted molar refractivity (Wildman–Crippen MR) is 58.6 cm³/mol. The van der Waals surface area contributed by atoms with Crippen molar-refractivity contribution < 1.29 is 0 Å². The summed E-state index contributed by atoms with van der Waals surface area (Å²) in [7, 11) is 0. The Bertz CT molecular complexity index is 430. The number of nitrogens with one attached hydrogen (secondary N) is 2. The summed E-state index contributed by atoms with van der Waals surface area (Å²) in [6.45, 7) is 2.08. The van der Waals surface area contributed by atoms with Crippen LogP contribution in [0.2, 0.25) is 0 Å². The molecule has 0 aliphatic heterocycles. The molecule has 0 saturated heterocycles. The zero-order chi connectivity index (χ0) is 10.1. The van der Waals surface area contributed by atoms with E-state index >= 15 is 0 Å². The fraction of sp³-hybridized carbons (Fsp3) is 0.167.